The predicted octanol–water partition coefficient (Wildman–Crippen LogP) is 3.10. The number of aromatic nitrogens is 1. The average Bonchev–Trinajstić information content (AvgIpc) is 3.18. The number of nitrogens with zero attached hydrogens (tertiary/aromatic N) is 3. The highest BCUT2D eigenvalue weighted by Gasteiger charge is 2.38. The van der Waals surface area contributed by atoms with Crippen LogP contribution < -0.4 is 14.8 Å². The number of likely N-dealkylation sites (tertiary alicyclic amines) is 1. The number of benzene rings is 1. The highest BCUT2D eigenvalue weighted by Crippen LogP contribution is 2.31. The van der Waals surface area contributed by atoms with Crippen LogP contribution in [0.25, 0.3) is 0 Å². The lowest BCUT2D eigenvalue weighted by Crippen LogP contribution is -2.39. The van der Waals surface area contributed by atoms with Crippen molar-refractivity contribution >= 4 is 17.8 Å². The van der Waals surface area contributed by atoms with Gasteiger partial charge in [0, 0.05) is 31.9 Å². The van der Waals surface area contributed by atoms with Crippen molar-refractivity contribution in [2.24, 2.45) is 0 Å². The fraction of sp³-hybridized carbons (Fsp3) is 0.462. The summed E-state index contributed by atoms with van der Waals surface area (Å²) < 4.78 is 10.6. The molecule has 9 heteroatoms. The quantitative estimate of drug-likeness (QED) is 0.554. The van der Waals surface area contributed by atoms with Crippen molar-refractivity contribution in [3.8, 4) is 11.5 Å². The molecule has 0 saturated carbocycles. The Bertz CT molecular complexity index is 1060. The number of imide groups is 1. The maximum absolute atomic E-state index is 13.1. The van der Waals surface area contributed by atoms with Gasteiger partial charge in [0.15, 0.2) is 11.5 Å². The van der Waals surface area contributed by atoms with Crippen LogP contribution in [-0.4, -0.2) is 66.0 Å². The second-order valence-electron chi connectivity index (χ2n) is 8.86. The lowest BCUT2D eigenvalue weighted by Gasteiger charge is -2.36. The number of pyridine rings is 1. The van der Waals surface area contributed by atoms with Gasteiger partial charge < -0.3 is 19.7 Å². The molecule has 1 aromatic carbocycles. The first-order valence-corrected chi connectivity index (χ1v) is 12.0. The predicted molar refractivity (Wildman–Crippen MR) is 129 cm³/mol. The molecule has 0 spiro atoms. The number of ether oxygens (including phenoxy) is 2. The molecule has 2 aliphatic rings. The van der Waals surface area contributed by atoms with Crippen molar-refractivity contribution < 1.29 is 23.9 Å². The van der Waals surface area contributed by atoms with E-state index in [0.29, 0.717) is 24.5 Å². The van der Waals surface area contributed by atoms with E-state index in [1.165, 1.54) is 4.90 Å². The van der Waals surface area contributed by atoms with E-state index in [-0.39, 0.29) is 37.2 Å². The van der Waals surface area contributed by atoms with Gasteiger partial charge in [0.1, 0.15) is 6.04 Å². The van der Waals surface area contributed by atoms with Crippen molar-refractivity contribution in [1.82, 2.24) is 20.1 Å². The molecule has 35 heavy (non-hydrogen) atoms. The van der Waals surface area contributed by atoms with Crippen LogP contribution in [0.4, 0.5) is 4.79 Å². The Kier molecular flexibility index (Phi) is 7.84. The van der Waals surface area contributed by atoms with E-state index in [0.717, 1.165) is 30.4 Å². The Hall–Kier alpha value is -3.62. The van der Waals surface area contributed by atoms with Gasteiger partial charge in [-0.25, -0.2) is 4.79 Å². The monoisotopic (exact) mass is 480 g/mol. The number of amides is 4. The molecule has 9 nitrogen and oxygen atoms in total. The van der Waals surface area contributed by atoms with E-state index < -0.39 is 12.1 Å². The zero-order valence-corrected chi connectivity index (χ0v) is 20.2. The molecular weight excluding hydrogens is 448 g/mol. The van der Waals surface area contributed by atoms with E-state index in [4.69, 9.17) is 9.47 Å². The van der Waals surface area contributed by atoms with E-state index in [9.17, 15) is 14.4 Å². The first-order valence-electron chi connectivity index (χ1n) is 12.0. The third-order valence-electron chi connectivity index (χ3n) is 6.72. The fourth-order valence-electron chi connectivity index (χ4n) is 4.82. The minimum Gasteiger partial charge on any atom is -0.493 e. The number of nitrogens with one attached hydrogen (secondary N) is 1. The molecule has 1 N–H and O–H groups in total. The number of piperidine rings is 1. The summed E-state index contributed by atoms with van der Waals surface area (Å²) in [5.74, 6) is 0.937. The van der Waals surface area contributed by atoms with Gasteiger partial charge in [0.25, 0.3) is 5.91 Å². The molecule has 4 rings (SSSR count). The van der Waals surface area contributed by atoms with Crippen molar-refractivity contribution in [2.45, 2.75) is 50.6 Å². The van der Waals surface area contributed by atoms with Gasteiger partial charge in [0.2, 0.25) is 5.91 Å². The summed E-state index contributed by atoms with van der Waals surface area (Å²) >= 11 is 0. The molecule has 2 saturated heterocycles. The molecule has 2 aliphatic heterocycles. The van der Waals surface area contributed by atoms with Crippen molar-refractivity contribution in [1.29, 1.82) is 0 Å². The van der Waals surface area contributed by atoms with Gasteiger partial charge in [-0.1, -0.05) is 12.1 Å². The fourth-order valence-corrected chi connectivity index (χ4v) is 4.82. The number of carbonyl (C=O) groups excluding carboxylic acids is 3. The third-order valence-corrected chi connectivity index (χ3v) is 6.72. The highest BCUT2D eigenvalue weighted by molar-refractivity contribution is 6.04. The Morgan fingerprint density at radius 3 is 2.71 bits per heavy atom. The molecule has 2 fully saturated rings. The number of hydrogen-bond donors (Lipinski definition) is 1. The average molecular weight is 481 g/mol. The molecule has 1 aromatic heterocycles. The van der Waals surface area contributed by atoms with Crippen molar-refractivity contribution in [3.05, 3.63) is 53.9 Å². The Morgan fingerprint density at radius 2 is 1.97 bits per heavy atom. The molecule has 0 radical (unpaired) electrons. The van der Waals surface area contributed by atoms with Crippen LogP contribution in [0.5, 0.6) is 11.5 Å². The van der Waals surface area contributed by atoms with Crippen molar-refractivity contribution in [3.63, 3.8) is 0 Å². The van der Waals surface area contributed by atoms with E-state index in [2.05, 4.69) is 10.3 Å². The first-order chi connectivity index (χ1) is 17.0. The lowest BCUT2D eigenvalue weighted by atomic mass is 9.95. The minimum atomic E-state index is -0.682. The standard InChI is InChI=1S/C26H32N4O5/c1-34-22-10-8-18(16-23(22)35-2)12-15-30-25(32)20(28-26(30)33)9-11-24(31)29-14-4-3-7-21(29)19-6-5-13-27-17-19/h5-6,8,10,13,16-17,20-21H,3-4,7,9,11-12,14-15H2,1-2H3,(H,28,33). The molecular formula is C26H32N4O5. The van der Waals surface area contributed by atoms with Crippen LogP contribution in [0.15, 0.2) is 42.7 Å². The highest BCUT2D eigenvalue weighted by atomic mass is 16.5. The van der Waals surface area contributed by atoms with Crippen LogP contribution >= 0.6 is 0 Å². The number of carbonyl (C=O) groups is 3. The molecule has 2 atom stereocenters. The zero-order chi connectivity index (χ0) is 24.8. The Morgan fingerprint density at radius 1 is 1.14 bits per heavy atom. The van der Waals surface area contributed by atoms with Gasteiger partial charge in [0.05, 0.1) is 20.3 Å². The van der Waals surface area contributed by atoms with Crippen LogP contribution in [0.1, 0.15) is 49.3 Å². The van der Waals surface area contributed by atoms with Crippen LogP contribution in [-0.2, 0) is 16.0 Å². The molecule has 0 bridgehead atoms. The van der Waals surface area contributed by atoms with Gasteiger partial charge >= 0.3 is 6.03 Å². The summed E-state index contributed by atoms with van der Waals surface area (Å²) in [6.07, 6.45) is 7.45. The molecule has 3 heterocycles. The van der Waals surface area contributed by atoms with E-state index in [1.807, 2.05) is 35.4 Å². The summed E-state index contributed by atoms with van der Waals surface area (Å²) in [6.45, 7) is 0.945. The van der Waals surface area contributed by atoms with Gasteiger partial charge in [-0.3, -0.25) is 19.5 Å². The first kappa shape index (κ1) is 24.5. The van der Waals surface area contributed by atoms with Gasteiger partial charge in [-0.05, 0) is 61.4 Å². The summed E-state index contributed by atoms with van der Waals surface area (Å²) in [5.41, 5.74) is 1.96. The van der Waals surface area contributed by atoms with E-state index >= 15 is 0 Å². The molecule has 2 aromatic rings. The minimum absolute atomic E-state index is 0.00406. The third kappa shape index (κ3) is 5.55. The zero-order valence-electron chi connectivity index (χ0n) is 20.2. The summed E-state index contributed by atoms with van der Waals surface area (Å²) in [6, 6.07) is 8.32. The topological polar surface area (TPSA) is 101 Å². The number of rotatable bonds is 9. The summed E-state index contributed by atoms with van der Waals surface area (Å²) in [5, 5.41) is 2.74. The normalized spacial score (nSPS) is 20.1. The Balaban J connectivity index is 1.32. The summed E-state index contributed by atoms with van der Waals surface area (Å²) in [4.78, 5) is 45.8. The number of hydrogen-bond acceptors (Lipinski definition) is 6. The van der Waals surface area contributed by atoms with Crippen LogP contribution in [0, 0.1) is 0 Å². The SMILES string of the molecule is COc1ccc(CCN2C(=O)NC(CCC(=O)N3CCCCC3c3cccnc3)C2=O)cc1OC. The molecule has 186 valence electrons. The maximum Gasteiger partial charge on any atom is 0.324 e. The number of urea groups is 1. The smallest absolute Gasteiger partial charge is 0.324 e. The van der Waals surface area contributed by atoms with Gasteiger partial charge in [-0.15, -0.1) is 0 Å². The molecule has 2 unspecified atom stereocenters. The van der Waals surface area contributed by atoms with E-state index in [1.54, 1.807) is 26.5 Å². The molecule has 0 aliphatic carbocycles. The second-order valence-corrected chi connectivity index (χ2v) is 8.86. The number of methoxy groups -OCH3 is 2. The Labute approximate surface area is 205 Å². The van der Waals surface area contributed by atoms with Gasteiger partial charge in [-0.2, -0.15) is 0 Å². The molecule has 4 amide bonds. The lowest BCUT2D eigenvalue weighted by molar-refractivity contribution is -0.135. The second kappa shape index (κ2) is 11.2. The van der Waals surface area contributed by atoms with Crippen LogP contribution in [0.3, 0.4) is 0 Å². The largest absolute Gasteiger partial charge is 0.493 e. The maximum atomic E-state index is 13.1. The van der Waals surface area contributed by atoms with Crippen LogP contribution in [0.2, 0.25) is 0 Å². The summed E-state index contributed by atoms with van der Waals surface area (Å²) in [7, 11) is 3.13. The van der Waals surface area contributed by atoms with Crippen molar-refractivity contribution in [2.75, 3.05) is 27.3 Å².